The van der Waals surface area contributed by atoms with Crippen molar-refractivity contribution in [2.45, 2.75) is 17.7 Å². The number of benzene rings is 3. The minimum atomic E-state index is -3.64. The van der Waals surface area contributed by atoms with Gasteiger partial charge in [-0.05, 0) is 48.2 Å². The molecule has 3 aromatic carbocycles. The van der Waals surface area contributed by atoms with Gasteiger partial charge >= 0.3 is 6.03 Å². The molecular weight excluding hydrogens is 398 g/mol. The second-order valence-corrected chi connectivity index (χ2v) is 8.96. The van der Waals surface area contributed by atoms with Crippen LogP contribution in [0.5, 0.6) is 0 Å². The van der Waals surface area contributed by atoms with Crippen molar-refractivity contribution in [2.75, 3.05) is 22.7 Å². The molecule has 0 aliphatic carbocycles. The van der Waals surface area contributed by atoms with Crippen molar-refractivity contribution in [1.29, 1.82) is 0 Å². The van der Waals surface area contributed by atoms with E-state index in [0.29, 0.717) is 30.9 Å². The van der Waals surface area contributed by atoms with E-state index in [0.717, 1.165) is 17.5 Å². The van der Waals surface area contributed by atoms with Crippen molar-refractivity contribution in [3.05, 3.63) is 90.0 Å². The van der Waals surface area contributed by atoms with E-state index in [1.54, 1.807) is 42.5 Å². The Kier molecular flexibility index (Phi) is 5.72. The summed E-state index contributed by atoms with van der Waals surface area (Å²) < 4.78 is 27.5. The Morgan fingerprint density at radius 1 is 0.933 bits per heavy atom. The number of rotatable bonds is 6. The lowest BCUT2D eigenvalue weighted by Crippen LogP contribution is -2.31. The Balaban J connectivity index is 1.43. The summed E-state index contributed by atoms with van der Waals surface area (Å²) in [5.74, 6) is 0. The van der Waals surface area contributed by atoms with Crippen LogP contribution in [-0.2, 0) is 22.9 Å². The fourth-order valence-corrected chi connectivity index (χ4v) is 5.05. The van der Waals surface area contributed by atoms with Crippen molar-refractivity contribution in [3.8, 4) is 0 Å². The predicted molar refractivity (Wildman–Crippen MR) is 118 cm³/mol. The van der Waals surface area contributed by atoms with Crippen LogP contribution in [-0.4, -0.2) is 27.5 Å². The van der Waals surface area contributed by atoms with Crippen molar-refractivity contribution in [2.24, 2.45) is 0 Å². The van der Waals surface area contributed by atoms with Crippen molar-refractivity contribution < 1.29 is 13.2 Å². The number of urea groups is 1. The zero-order valence-corrected chi connectivity index (χ0v) is 17.2. The molecular formula is C23H23N3O3S. The topological polar surface area (TPSA) is 78.5 Å². The van der Waals surface area contributed by atoms with Crippen LogP contribution in [0.1, 0.15) is 11.1 Å². The summed E-state index contributed by atoms with van der Waals surface area (Å²) in [6.45, 7) is 0.897. The highest BCUT2D eigenvalue weighted by atomic mass is 32.2. The Morgan fingerprint density at radius 2 is 1.63 bits per heavy atom. The SMILES string of the molecule is O=C(NCCc1ccccc1)Nc1ccc2c(c1)N(S(=O)(=O)c1ccccc1)CC2. The maximum absolute atomic E-state index is 13.0. The number of nitrogens with zero attached hydrogens (tertiary/aromatic N) is 1. The predicted octanol–water partition coefficient (Wildman–Crippen LogP) is 3.80. The Labute approximate surface area is 176 Å². The molecule has 0 spiro atoms. The highest BCUT2D eigenvalue weighted by Crippen LogP contribution is 2.35. The molecule has 30 heavy (non-hydrogen) atoms. The molecule has 0 saturated carbocycles. The van der Waals surface area contributed by atoms with Gasteiger partial charge < -0.3 is 10.6 Å². The van der Waals surface area contributed by atoms with Crippen molar-refractivity contribution in [1.82, 2.24) is 5.32 Å². The van der Waals surface area contributed by atoms with Crippen LogP contribution in [0, 0.1) is 0 Å². The van der Waals surface area contributed by atoms with Gasteiger partial charge in [0.2, 0.25) is 0 Å². The van der Waals surface area contributed by atoms with Gasteiger partial charge in [-0.1, -0.05) is 54.6 Å². The largest absolute Gasteiger partial charge is 0.338 e. The monoisotopic (exact) mass is 421 g/mol. The molecule has 154 valence electrons. The third-order valence-electron chi connectivity index (χ3n) is 5.07. The first-order valence-electron chi connectivity index (χ1n) is 9.83. The average Bonchev–Trinajstić information content (AvgIpc) is 3.19. The van der Waals surface area contributed by atoms with E-state index in [1.807, 2.05) is 36.4 Å². The van der Waals surface area contributed by atoms with E-state index >= 15 is 0 Å². The van der Waals surface area contributed by atoms with Gasteiger partial charge in [-0.15, -0.1) is 0 Å². The molecule has 3 aromatic rings. The highest BCUT2D eigenvalue weighted by molar-refractivity contribution is 7.92. The van der Waals surface area contributed by atoms with Crippen LogP contribution < -0.4 is 14.9 Å². The maximum Gasteiger partial charge on any atom is 0.319 e. The van der Waals surface area contributed by atoms with Crippen LogP contribution in [0.3, 0.4) is 0 Å². The Bertz CT molecular complexity index is 1130. The molecule has 0 saturated heterocycles. The molecule has 0 unspecified atom stereocenters. The molecule has 0 atom stereocenters. The summed E-state index contributed by atoms with van der Waals surface area (Å²) in [5.41, 5.74) is 3.27. The molecule has 0 fully saturated rings. The quantitative estimate of drug-likeness (QED) is 0.635. The van der Waals surface area contributed by atoms with Crippen LogP contribution >= 0.6 is 0 Å². The Hall–Kier alpha value is -3.32. The van der Waals surface area contributed by atoms with Gasteiger partial charge in [0.15, 0.2) is 0 Å². The summed E-state index contributed by atoms with van der Waals surface area (Å²) in [5, 5.41) is 5.63. The third-order valence-corrected chi connectivity index (χ3v) is 6.90. The smallest absolute Gasteiger partial charge is 0.319 e. The number of fused-ring (bicyclic) bond motifs is 1. The van der Waals surface area contributed by atoms with E-state index in [1.165, 1.54) is 4.31 Å². The molecule has 6 nitrogen and oxygen atoms in total. The molecule has 0 radical (unpaired) electrons. The lowest BCUT2D eigenvalue weighted by atomic mass is 10.1. The molecule has 0 bridgehead atoms. The minimum absolute atomic E-state index is 0.259. The summed E-state index contributed by atoms with van der Waals surface area (Å²) in [6.07, 6.45) is 1.38. The first kappa shape index (κ1) is 20.0. The van der Waals surface area contributed by atoms with Crippen LogP contribution in [0.4, 0.5) is 16.2 Å². The van der Waals surface area contributed by atoms with Gasteiger partial charge in [-0.25, -0.2) is 13.2 Å². The number of carbonyl (C=O) groups excluding carboxylic acids is 1. The molecule has 4 rings (SSSR count). The van der Waals surface area contributed by atoms with Crippen molar-refractivity contribution in [3.63, 3.8) is 0 Å². The first-order chi connectivity index (χ1) is 14.5. The summed E-state index contributed by atoms with van der Waals surface area (Å²) in [4.78, 5) is 12.5. The summed E-state index contributed by atoms with van der Waals surface area (Å²) in [7, 11) is -3.64. The lowest BCUT2D eigenvalue weighted by Gasteiger charge is -2.20. The molecule has 1 aliphatic heterocycles. The van der Waals surface area contributed by atoms with Gasteiger partial charge in [0.05, 0.1) is 10.6 Å². The number of anilines is 2. The highest BCUT2D eigenvalue weighted by Gasteiger charge is 2.31. The van der Waals surface area contributed by atoms with Gasteiger partial charge in [-0.3, -0.25) is 4.31 Å². The molecule has 1 heterocycles. The summed E-state index contributed by atoms with van der Waals surface area (Å²) >= 11 is 0. The van der Waals surface area contributed by atoms with Crippen LogP contribution in [0.2, 0.25) is 0 Å². The van der Waals surface area contributed by atoms with E-state index in [9.17, 15) is 13.2 Å². The van der Waals surface area contributed by atoms with Gasteiger partial charge in [0, 0.05) is 18.8 Å². The van der Waals surface area contributed by atoms with Crippen LogP contribution in [0.25, 0.3) is 0 Å². The molecule has 0 aromatic heterocycles. The number of carbonyl (C=O) groups is 1. The minimum Gasteiger partial charge on any atom is -0.338 e. The zero-order valence-electron chi connectivity index (χ0n) is 16.4. The van der Waals surface area contributed by atoms with Crippen LogP contribution in [0.15, 0.2) is 83.8 Å². The number of amides is 2. The van der Waals surface area contributed by atoms with Crippen molar-refractivity contribution >= 4 is 27.4 Å². The first-order valence-corrected chi connectivity index (χ1v) is 11.3. The molecule has 7 heteroatoms. The molecule has 2 N–H and O–H groups in total. The van der Waals surface area contributed by atoms with E-state index < -0.39 is 10.0 Å². The maximum atomic E-state index is 13.0. The third kappa shape index (κ3) is 4.31. The fourth-order valence-electron chi connectivity index (χ4n) is 3.54. The lowest BCUT2D eigenvalue weighted by molar-refractivity contribution is 0.252. The average molecular weight is 422 g/mol. The van der Waals surface area contributed by atoms with E-state index in [2.05, 4.69) is 10.6 Å². The van der Waals surface area contributed by atoms with E-state index in [-0.39, 0.29) is 10.9 Å². The Morgan fingerprint density at radius 3 is 2.37 bits per heavy atom. The standard InChI is InChI=1S/C23H23N3O3S/c27-23(24-15-13-18-7-3-1-4-8-18)25-20-12-11-19-14-16-26(22(19)17-20)30(28,29)21-9-5-2-6-10-21/h1-12,17H,13-16H2,(H2,24,25,27). The number of sulfonamides is 1. The van der Waals surface area contributed by atoms with E-state index in [4.69, 9.17) is 0 Å². The second kappa shape index (κ2) is 8.59. The number of hydrogen-bond acceptors (Lipinski definition) is 3. The normalized spacial score (nSPS) is 13.0. The summed E-state index contributed by atoms with van der Waals surface area (Å²) in [6, 6.07) is 23.4. The fraction of sp³-hybridized carbons (Fsp3) is 0.174. The number of nitrogens with one attached hydrogen (secondary N) is 2. The number of hydrogen-bond donors (Lipinski definition) is 2. The van der Waals surface area contributed by atoms with Gasteiger partial charge in [-0.2, -0.15) is 0 Å². The van der Waals surface area contributed by atoms with Gasteiger partial charge in [0.1, 0.15) is 0 Å². The second-order valence-electron chi connectivity index (χ2n) is 7.10. The zero-order chi connectivity index (χ0) is 21.0. The molecule has 2 amide bonds. The molecule has 1 aliphatic rings. The van der Waals surface area contributed by atoms with Gasteiger partial charge in [0.25, 0.3) is 10.0 Å².